The zero-order valence-electron chi connectivity index (χ0n) is 9.02. The van der Waals surface area contributed by atoms with Crippen molar-refractivity contribution in [3.63, 3.8) is 0 Å². The van der Waals surface area contributed by atoms with Crippen LogP contribution < -0.4 is 0 Å². The molecule has 1 unspecified atom stereocenters. The van der Waals surface area contributed by atoms with E-state index in [0.29, 0.717) is 0 Å². The molecule has 0 spiro atoms. The molecule has 0 fully saturated rings. The van der Waals surface area contributed by atoms with E-state index in [4.69, 9.17) is 0 Å². The van der Waals surface area contributed by atoms with E-state index in [1.54, 1.807) is 0 Å². The fourth-order valence-electron chi connectivity index (χ4n) is 1.86. The monoisotopic (exact) mass is 154 g/mol. The van der Waals surface area contributed by atoms with Gasteiger partial charge >= 0.3 is 0 Å². The number of rotatable bonds is 4. The van der Waals surface area contributed by atoms with E-state index in [9.17, 15) is 0 Å². The van der Waals surface area contributed by atoms with Gasteiger partial charge in [-0.3, -0.25) is 0 Å². The van der Waals surface area contributed by atoms with Crippen LogP contribution in [0.1, 0.15) is 41.0 Å². The molecule has 1 heteroatoms. The van der Waals surface area contributed by atoms with Crippen LogP contribution in [0, 0.1) is 17.8 Å². The van der Waals surface area contributed by atoms with Gasteiger partial charge < -0.3 is 0 Å². The summed E-state index contributed by atoms with van der Waals surface area (Å²) in [7, 11) is 2.32. The van der Waals surface area contributed by atoms with Gasteiger partial charge in [0, 0.05) is 0 Å². The summed E-state index contributed by atoms with van der Waals surface area (Å²) in [5.41, 5.74) is 0. The van der Waals surface area contributed by atoms with E-state index in [2.05, 4.69) is 42.5 Å². The van der Waals surface area contributed by atoms with Crippen molar-refractivity contribution >= 4 is 7.85 Å². The van der Waals surface area contributed by atoms with Crippen LogP contribution >= 0.6 is 0 Å². The standard InChI is InChI=1S/C10H23B/c1-7(2)10(8(3)4)6-9(5)11/h7-10H,6,11H2,1-5H3. The predicted octanol–water partition coefficient (Wildman–Crippen LogP) is 2.75. The Morgan fingerprint density at radius 2 is 1.27 bits per heavy atom. The van der Waals surface area contributed by atoms with Crippen molar-refractivity contribution in [1.29, 1.82) is 0 Å². The maximum absolute atomic E-state index is 2.34. The van der Waals surface area contributed by atoms with Crippen molar-refractivity contribution in [2.75, 3.05) is 0 Å². The molecule has 0 nitrogen and oxygen atoms in total. The summed E-state index contributed by atoms with van der Waals surface area (Å²) < 4.78 is 0. The first-order valence-electron chi connectivity index (χ1n) is 4.95. The molecule has 0 bridgehead atoms. The molecular weight excluding hydrogens is 131 g/mol. The molecule has 0 radical (unpaired) electrons. The molecule has 0 aliphatic rings. The molecular formula is C10H23B. The van der Waals surface area contributed by atoms with Crippen LogP contribution in [0.2, 0.25) is 5.82 Å². The first-order valence-corrected chi connectivity index (χ1v) is 4.95. The first-order chi connectivity index (χ1) is 4.95. The van der Waals surface area contributed by atoms with Gasteiger partial charge in [-0.25, -0.2) is 0 Å². The van der Waals surface area contributed by atoms with Crippen molar-refractivity contribution in [2.24, 2.45) is 17.8 Å². The molecule has 0 aromatic carbocycles. The van der Waals surface area contributed by atoms with Gasteiger partial charge in [-0.2, -0.15) is 0 Å². The summed E-state index contributed by atoms with van der Waals surface area (Å²) in [4.78, 5) is 0. The lowest BCUT2D eigenvalue weighted by Gasteiger charge is -2.26. The Balaban J connectivity index is 3.90. The second-order valence-electron chi connectivity index (χ2n) is 4.78. The highest BCUT2D eigenvalue weighted by molar-refractivity contribution is 6.11. The Morgan fingerprint density at radius 3 is 1.36 bits per heavy atom. The van der Waals surface area contributed by atoms with Gasteiger partial charge in [0.05, 0.1) is 0 Å². The molecule has 0 amide bonds. The molecule has 0 N–H and O–H groups in total. The minimum absolute atomic E-state index is 0.845. The van der Waals surface area contributed by atoms with Crippen LogP contribution in [0.4, 0.5) is 0 Å². The van der Waals surface area contributed by atoms with Crippen molar-refractivity contribution in [3.05, 3.63) is 0 Å². The van der Waals surface area contributed by atoms with Crippen molar-refractivity contribution < 1.29 is 0 Å². The summed E-state index contributed by atoms with van der Waals surface area (Å²) in [6, 6.07) is 0. The topological polar surface area (TPSA) is 0 Å². The Morgan fingerprint density at radius 1 is 0.909 bits per heavy atom. The van der Waals surface area contributed by atoms with Gasteiger partial charge in [0.15, 0.2) is 0 Å². The van der Waals surface area contributed by atoms with E-state index < -0.39 is 0 Å². The maximum atomic E-state index is 2.34. The van der Waals surface area contributed by atoms with E-state index in [0.717, 1.165) is 23.6 Å². The molecule has 66 valence electrons. The van der Waals surface area contributed by atoms with Crippen molar-refractivity contribution in [3.8, 4) is 0 Å². The molecule has 0 aromatic heterocycles. The molecule has 0 aromatic rings. The van der Waals surface area contributed by atoms with Crippen LogP contribution in [0.25, 0.3) is 0 Å². The lowest BCUT2D eigenvalue weighted by molar-refractivity contribution is 0.268. The third kappa shape index (κ3) is 4.50. The van der Waals surface area contributed by atoms with Crippen LogP contribution in [0.15, 0.2) is 0 Å². The quantitative estimate of drug-likeness (QED) is 0.546. The minimum atomic E-state index is 0.845. The number of hydrogen-bond acceptors (Lipinski definition) is 0. The van der Waals surface area contributed by atoms with Crippen LogP contribution in [0.5, 0.6) is 0 Å². The normalized spacial score (nSPS) is 14.9. The number of hydrogen-bond donors (Lipinski definition) is 0. The predicted molar refractivity (Wildman–Crippen MR) is 55.8 cm³/mol. The van der Waals surface area contributed by atoms with Crippen LogP contribution in [0.3, 0.4) is 0 Å². The summed E-state index contributed by atoms with van der Waals surface area (Å²) >= 11 is 0. The highest BCUT2D eigenvalue weighted by Gasteiger charge is 2.17. The molecule has 0 saturated heterocycles. The van der Waals surface area contributed by atoms with E-state index >= 15 is 0 Å². The van der Waals surface area contributed by atoms with Crippen LogP contribution in [-0.2, 0) is 0 Å². The van der Waals surface area contributed by atoms with E-state index in [1.165, 1.54) is 6.42 Å². The largest absolute Gasteiger partial charge is 0.105 e. The van der Waals surface area contributed by atoms with Gasteiger partial charge in [0.25, 0.3) is 0 Å². The van der Waals surface area contributed by atoms with E-state index in [1.807, 2.05) is 0 Å². The molecule has 0 aliphatic heterocycles. The lowest BCUT2D eigenvalue weighted by Crippen LogP contribution is -2.17. The fraction of sp³-hybridized carbons (Fsp3) is 1.00. The van der Waals surface area contributed by atoms with Gasteiger partial charge in [0.2, 0.25) is 0 Å². The first kappa shape index (κ1) is 11.1. The Labute approximate surface area is 73.2 Å². The Hall–Kier alpha value is 0.0649. The fourth-order valence-corrected chi connectivity index (χ4v) is 1.86. The van der Waals surface area contributed by atoms with Gasteiger partial charge in [-0.15, -0.1) is 0 Å². The minimum Gasteiger partial charge on any atom is -0.0722 e. The van der Waals surface area contributed by atoms with Crippen molar-refractivity contribution in [2.45, 2.75) is 46.9 Å². The summed E-state index contributed by atoms with van der Waals surface area (Å²) in [5.74, 6) is 3.45. The zero-order valence-corrected chi connectivity index (χ0v) is 9.02. The smallest absolute Gasteiger partial charge is 0.0722 e. The Bertz CT molecular complexity index is 87.0. The SMILES string of the molecule is BC(C)CC(C(C)C)C(C)C. The highest BCUT2D eigenvalue weighted by Crippen LogP contribution is 2.28. The molecule has 1 atom stereocenters. The second-order valence-corrected chi connectivity index (χ2v) is 4.78. The molecule has 0 rings (SSSR count). The highest BCUT2D eigenvalue weighted by atomic mass is 14.2. The third-order valence-electron chi connectivity index (χ3n) is 2.46. The van der Waals surface area contributed by atoms with E-state index in [-0.39, 0.29) is 0 Å². The van der Waals surface area contributed by atoms with Crippen molar-refractivity contribution in [1.82, 2.24) is 0 Å². The average molecular weight is 154 g/mol. The second kappa shape index (κ2) is 4.85. The molecule has 0 heterocycles. The lowest BCUT2D eigenvalue weighted by atomic mass is 9.73. The average Bonchev–Trinajstić information content (AvgIpc) is 1.81. The molecule has 11 heavy (non-hydrogen) atoms. The van der Waals surface area contributed by atoms with Gasteiger partial charge in [0.1, 0.15) is 7.85 Å². The molecule has 0 saturated carbocycles. The summed E-state index contributed by atoms with van der Waals surface area (Å²) in [6.07, 6.45) is 1.38. The molecule has 0 aliphatic carbocycles. The van der Waals surface area contributed by atoms with Crippen LogP contribution in [-0.4, -0.2) is 7.85 Å². The summed E-state index contributed by atoms with van der Waals surface area (Å²) in [5, 5.41) is 0. The maximum Gasteiger partial charge on any atom is 0.105 e. The third-order valence-corrected chi connectivity index (χ3v) is 2.46. The van der Waals surface area contributed by atoms with Gasteiger partial charge in [-0.05, 0) is 17.8 Å². The zero-order chi connectivity index (χ0) is 9.02. The Kier molecular flexibility index (Phi) is 4.87. The summed E-state index contributed by atoms with van der Waals surface area (Å²) in [6.45, 7) is 11.7. The van der Waals surface area contributed by atoms with Gasteiger partial charge in [-0.1, -0.05) is 46.9 Å².